The predicted molar refractivity (Wildman–Crippen MR) is 136 cm³/mol. The number of allylic oxidation sites excluding steroid dienone is 1. The minimum absolute atomic E-state index is 0.0865. The fraction of sp³-hybridized carbons (Fsp3) is 0.240. The minimum atomic E-state index is -0.732. The van der Waals surface area contributed by atoms with Crippen molar-refractivity contribution < 1.29 is 24.1 Å². The molecule has 1 N–H and O–H groups in total. The van der Waals surface area contributed by atoms with Crippen LogP contribution in [0.2, 0.25) is 0 Å². The van der Waals surface area contributed by atoms with Gasteiger partial charge in [-0.3, -0.25) is 9.36 Å². The van der Waals surface area contributed by atoms with Gasteiger partial charge in [-0.05, 0) is 49.8 Å². The highest BCUT2D eigenvalue weighted by Crippen LogP contribution is 2.34. The SMILES string of the molecule is CCOC(=O)C1=C(C)N=c2s/c(=C/c3cc(Br)cc(OC)c3O)c(=O)n2[C@@H]1c1ccc(OC)cc1. The van der Waals surface area contributed by atoms with Crippen molar-refractivity contribution >= 4 is 39.3 Å². The van der Waals surface area contributed by atoms with Gasteiger partial charge in [0.15, 0.2) is 16.3 Å². The fourth-order valence-corrected chi connectivity index (χ4v) is 5.39. The molecule has 8 nitrogen and oxygen atoms in total. The number of carbonyl (C=O) groups excluding carboxylic acids is 1. The molecule has 0 saturated carbocycles. The number of aromatic hydroxyl groups is 1. The fourth-order valence-electron chi connectivity index (χ4n) is 3.89. The van der Waals surface area contributed by atoms with E-state index in [1.807, 2.05) is 12.1 Å². The first-order valence-corrected chi connectivity index (χ1v) is 12.3. The lowest BCUT2D eigenvalue weighted by Crippen LogP contribution is -2.39. The molecular formula is C25H23BrN2O6S. The van der Waals surface area contributed by atoms with Crippen molar-refractivity contribution in [3.8, 4) is 17.2 Å². The molecule has 4 rings (SSSR count). The lowest BCUT2D eigenvalue weighted by molar-refractivity contribution is -0.139. The zero-order valence-electron chi connectivity index (χ0n) is 19.5. The molecule has 182 valence electrons. The number of aromatic nitrogens is 1. The lowest BCUT2D eigenvalue weighted by atomic mass is 9.96. The van der Waals surface area contributed by atoms with Crippen molar-refractivity contribution in [2.75, 3.05) is 20.8 Å². The van der Waals surface area contributed by atoms with Gasteiger partial charge in [0.05, 0.1) is 42.7 Å². The maximum atomic E-state index is 13.7. The molecule has 3 aromatic rings. The van der Waals surface area contributed by atoms with E-state index in [0.717, 1.165) is 0 Å². The Hall–Kier alpha value is -3.37. The molecule has 2 aromatic carbocycles. The van der Waals surface area contributed by atoms with E-state index in [1.54, 1.807) is 51.3 Å². The Morgan fingerprint density at radius 2 is 1.94 bits per heavy atom. The first-order chi connectivity index (χ1) is 16.8. The number of ether oxygens (including phenoxy) is 3. The topological polar surface area (TPSA) is 99.4 Å². The summed E-state index contributed by atoms with van der Waals surface area (Å²) in [6.07, 6.45) is 1.58. The number of phenolic OH excluding ortho intramolecular Hbond substituents is 1. The third-order valence-electron chi connectivity index (χ3n) is 5.52. The number of benzene rings is 2. The van der Waals surface area contributed by atoms with E-state index in [2.05, 4.69) is 20.9 Å². The summed E-state index contributed by atoms with van der Waals surface area (Å²) in [6.45, 7) is 3.65. The zero-order chi connectivity index (χ0) is 25.3. The van der Waals surface area contributed by atoms with Gasteiger partial charge >= 0.3 is 5.97 Å². The van der Waals surface area contributed by atoms with E-state index in [1.165, 1.54) is 23.0 Å². The van der Waals surface area contributed by atoms with E-state index in [4.69, 9.17) is 14.2 Å². The molecule has 0 bridgehead atoms. The smallest absolute Gasteiger partial charge is 0.338 e. The maximum absolute atomic E-state index is 13.7. The number of phenols is 1. The van der Waals surface area contributed by atoms with Gasteiger partial charge in [-0.1, -0.05) is 39.4 Å². The van der Waals surface area contributed by atoms with Crippen LogP contribution in [0.25, 0.3) is 6.08 Å². The van der Waals surface area contributed by atoms with Gasteiger partial charge in [0.1, 0.15) is 5.75 Å². The predicted octanol–water partition coefficient (Wildman–Crippen LogP) is 3.28. The van der Waals surface area contributed by atoms with Crippen LogP contribution in [0.15, 0.2) is 61.9 Å². The monoisotopic (exact) mass is 558 g/mol. The summed E-state index contributed by atoms with van der Waals surface area (Å²) in [5, 5.41) is 10.6. The molecule has 0 aliphatic carbocycles. The standard InChI is InChI=1S/C25H23BrN2O6S/c1-5-34-24(31)20-13(2)27-25-28(21(20)14-6-8-17(32-3)9-7-14)23(30)19(35-25)11-15-10-16(26)12-18(33-4)22(15)29/h6-12,21,29H,5H2,1-4H3/b19-11+/t21-/m1/s1. The van der Waals surface area contributed by atoms with Gasteiger partial charge in [0.25, 0.3) is 5.56 Å². The molecule has 1 aromatic heterocycles. The third-order valence-corrected chi connectivity index (χ3v) is 6.97. The van der Waals surface area contributed by atoms with Crippen LogP contribution in [0.3, 0.4) is 0 Å². The van der Waals surface area contributed by atoms with Gasteiger partial charge in [0, 0.05) is 10.0 Å². The summed E-state index contributed by atoms with van der Waals surface area (Å²) in [7, 11) is 3.02. The number of nitrogens with zero attached hydrogens (tertiary/aromatic N) is 2. The van der Waals surface area contributed by atoms with Crippen LogP contribution in [0, 0.1) is 0 Å². The summed E-state index contributed by atoms with van der Waals surface area (Å²) in [6, 6.07) is 9.75. The number of methoxy groups -OCH3 is 2. The number of carbonyl (C=O) groups is 1. The van der Waals surface area contributed by atoms with E-state index in [-0.39, 0.29) is 23.7 Å². The van der Waals surface area contributed by atoms with Crippen LogP contribution in [0.1, 0.15) is 31.0 Å². The van der Waals surface area contributed by atoms with Crippen molar-refractivity contribution in [1.29, 1.82) is 0 Å². The van der Waals surface area contributed by atoms with Gasteiger partial charge < -0.3 is 19.3 Å². The molecule has 1 aliphatic heterocycles. The van der Waals surface area contributed by atoms with E-state index in [0.29, 0.717) is 42.0 Å². The molecule has 0 saturated heterocycles. The van der Waals surface area contributed by atoms with Crippen molar-refractivity contribution in [3.63, 3.8) is 0 Å². The second-order valence-electron chi connectivity index (χ2n) is 7.62. The molecule has 1 atom stereocenters. The lowest BCUT2D eigenvalue weighted by Gasteiger charge is -2.24. The summed E-state index contributed by atoms with van der Waals surface area (Å²) < 4.78 is 18.3. The Morgan fingerprint density at radius 1 is 1.23 bits per heavy atom. The van der Waals surface area contributed by atoms with E-state index in [9.17, 15) is 14.7 Å². The van der Waals surface area contributed by atoms with Crippen molar-refractivity contribution in [2.24, 2.45) is 4.99 Å². The molecule has 0 radical (unpaired) electrons. The first kappa shape index (κ1) is 24.7. The number of fused-ring (bicyclic) bond motifs is 1. The number of esters is 1. The Bertz CT molecular complexity index is 1500. The van der Waals surface area contributed by atoms with Crippen LogP contribution in [0.4, 0.5) is 0 Å². The molecule has 2 heterocycles. The average molecular weight is 559 g/mol. The number of halogens is 1. The second kappa shape index (κ2) is 10.1. The maximum Gasteiger partial charge on any atom is 0.338 e. The summed E-state index contributed by atoms with van der Waals surface area (Å²) in [5.41, 5.74) is 1.54. The number of hydrogen-bond donors (Lipinski definition) is 1. The Morgan fingerprint density at radius 3 is 2.57 bits per heavy atom. The molecular weight excluding hydrogens is 536 g/mol. The summed E-state index contributed by atoms with van der Waals surface area (Å²) >= 11 is 4.57. The Labute approximate surface area is 213 Å². The third kappa shape index (κ3) is 4.63. The van der Waals surface area contributed by atoms with Gasteiger partial charge in [-0.25, -0.2) is 9.79 Å². The summed E-state index contributed by atoms with van der Waals surface area (Å²) in [4.78, 5) is 31.6. The largest absolute Gasteiger partial charge is 0.504 e. The number of thiazole rings is 1. The van der Waals surface area contributed by atoms with E-state index >= 15 is 0 Å². The van der Waals surface area contributed by atoms with Gasteiger partial charge in [0.2, 0.25) is 0 Å². The van der Waals surface area contributed by atoms with Crippen molar-refractivity contribution in [3.05, 3.63) is 83.0 Å². The number of hydrogen-bond acceptors (Lipinski definition) is 8. The Kier molecular flexibility index (Phi) is 7.13. The van der Waals surface area contributed by atoms with Gasteiger partial charge in [-0.15, -0.1) is 0 Å². The minimum Gasteiger partial charge on any atom is -0.504 e. The highest BCUT2D eigenvalue weighted by atomic mass is 79.9. The number of rotatable bonds is 6. The van der Waals surface area contributed by atoms with Crippen LogP contribution < -0.4 is 24.4 Å². The highest BCUT2D eigenvalue weighted by Gasteiger charge is 2.33. The molecule has 35 heavy (non-hydrogen) atoms. The molecule has 0 fully saturated rings. The first-order valence-electron chi connectivity index (χ1n) is 10.7. The molecule has 0 unspecified atom stereocenters. The highest BCUT2D eigenvalue weighted by molar-refractivity contribution is 9.10. The normalized spacial score (nSPS) is 15.5. The molecule has 0 spiro atoms. The van der Waals surface area contributed by atoms with Crippen LogP contribution in [-0.2, 0) is 9.53 Å². The molecule has 1 aliphatic rings. The van der Waals surface area contributed by atoms with Crippen molar-refractivity contribution in [2.45, 2.75) is 19.9 Å². The summed E-state index contributed by atoms with van der Waals surface area (Å²) in [5.74, 6) is 0.309. The second-order valence-corrected chi connectivity index (χ2v) is 9.55. The molecule has 10 heteroatoms. The average Bonchev–Trinajstić information content (AvgIpc) is 3.14. The van der Waals surface area contributed by atoms with Crippen LogP contribution in [0.5, 0.6) is 17.2 Å². The van der Waals surface area contributed by atoms with Crippen LogP contribution in [-0.4, -0.2) is 36.5 Å². The van der Waals surface area contributed by atoms with E-state index < -0.39 is 12.0 Å². The van der Waals surface area contributed by atoms with Crippen LogP contribution >= 0.6 is 27.3 Å². The van der Waals surface area contributed by atoms with Gasteiger partial charge in [-0.2, -0.15) is 0 Å². The quantitative estimate of drug-likeness (QED) is 0.466. The molecule has 0 amide bonds. The Balaban J connectivity index is 1.96. The van der Waals surface area contributed by atoms with Crippen molar-refractivity contribution in [1.82, 2.24) is 4.57 Å². The zero-order valence-corrected chi connectivity index (χ0v) is 21.9.